The van der Waals surface area contributed by atoms with Crippen LogP contribution >= 0.6 is 0 Å². The summed E-state index contributed by atoms with van der Waals surface area (Å²) in [7, 11) is 0. The van der Waals surface area contributed by atoms with Crippen molar-refractivity contribution >= 4 is 5.91 Å². The summed E-state index contributed by atoms with van der Waals surface area (Å²) in [5.74, 6) is 1.98. The maximum absolute atomic E-state index is 12.7. The molecule has 6 nitrogen and oxygen atoms in total. The minimum absolute atomic E-state index is 0.0162. The van der Waals surface area contributed by atoms with Crippen molar-refractivity contribution in [2.75, 3.05) is 0 Å². The minimum atomic E-state index is -0.350. The molecular weight excluding hydrogens is 302 g/mol. The lowest BCUT2D eigenvalue weighted by molar-refractivity contribution is -0.124. The average Bonchev–Trinajstić information content (AvgIpc) is 2.93. The van der Waals surface area contributed by atoms with E-state index in [2.05, 4.69) is 25.4 Å². The third-order valence-corrected chi connectivity index (χ3v) is 4.36. The van der Waals surface area contributed by atoms with E-state index in [0.717, 1.165) is 36.6 Å². The normalized spacial score (nSPS) is 18.2. The van der Waals surface area contributed by atoms with E-state index in [9.17, 15) is 4.79 Å². The molecule has 0 saturated carbocycles. The Morgan fingerprint density at radius 3 is 2.71 bits per heavy atom. The summed E-state index contributed by atoms with van der Waals surface area (Å²) in [6.07, 6.45) is 1.84. The summed E-state index contributed by atoms with van der Waals surface area (Å²) in [5, 5.41) is 14.9. The first-order valence-electron chi connectivity index (χ1n) is 8.54. The topological polar surface area (TPSA) is 71.8 Å². The number of rotatable bonds is 5. The fourth-order valence-electron chi connectivity index (χ4n) is 3.17. The Morgan fingerprint density at radius 1 is 1.25 bits per heavy atom. The van der Waals surface area contributed by atoms with Gasteiger partial charge < -0.3 is 9.88 Å². The molecule has 0 bridgehead atoms. The number of carbonyl (C=O) groups excluding carboxylic acids is 1. The summed E-state index contributed by atoms with van der Waals surface area (Å²) < 4.78 is 2.14. The maximum Gasteiger partial charge on any atom is 0.241 e. The van der Waals surface area contributed by atoms with Crippen LogP contribution in [0.3, 0.4) is 0 Å². The van der Waals surface area contributed by atoms with Gasteiger partial charge in [0.25, 0.3) is 0 Å². The van der Waals surface area contributed by atoms with Crippen LogP contribution in [0.5, 0.6) is 0 Å². The second-order valence-corrected chi connectivity index (χ2v) is 6.68. The smallest absolute Gasteiger partial charge is 0.241 e. The Balaban J connectivity index is 1.77. The van der Waals surface area contributed by atoms with E-state index in [1.54, 1.807) is 0 Å². The maximum atomic E-state index is 12.7. The first-order valence-corrected chi connectivity index (χ1v) is 8.54. The zero-order valence-electron chi connectivity index (χ0n) is 14.5. The van der Waals surface area contributed by atoms with Gasteiger partial charge in [-0.1, -0.05) is 30.3 Å². The van der Waals surface area contributed by atoms with Crippen LogP contribution in [0.15, 0.2) is 30.3 Å². The predicted molar refractivity (Wildman–Crippen MR) is 92.5 cm³/mol. The number of aromatic nitrogens is 3. The zero-order chi connectivity index (χ0) is 17.1. The highest BCUT2D eigenvalue weighted by Crippen LogP contribution is 2.20. The lowest BCUT2D eigenvalue weighted by atomic mass is 10.0. The molecule has 1 amide bonds. The number of hydrogen-bond donors (Lipinski definition) is 2. The Morgan fingerprint density at radius 2 is 2.00 bits per heavy atom. The first-order chi connectivity index (χ1) is 11.5. The molecule has 0 spiro atoms. The fraction of sp³-hybridized carbons (Fsp3) is 0.500. The van der Waals surface area contributed by atoms with Gasteiger partial charge in [-0.15, -0.1) is 10.2 Å². The molecular formula is C18H25N5O. The molecule has 0 saturated heterocycles. The second kappa shape index (κ2) is 7.13. The molecule has 3 rings (SSSR count). The molecule has 24 heavy (non-hydrogen) atoms. The summed E-state index contributed by atoms with van der Waals surface area (Å²) in [5.41, 5.74) is 0.988. The van der Waals surface area contributed by atoms with Crippen molar-refractivity contribution in [3.05, 3.63) is 47.5 Å². The van der Waals surface area contributed by atoms with E-state index >= 15 is 0 Å². The van der Waals surface area contributed by atoms with Gasteiger partial charge in [0.15, 0.2) is 0 Å². The van der Waals surface area contributed by atoms with Crippen molar-refractivity contribution < 1.29 is 4.79 Å². The Labute approximate surface area is 142 Å². The average molecular weight is 327 g/mol. The lowest BCUT2D eigenvalue weighted by Gasteiger charge is -2.29. The molecule has 2 heterocycles. The predicted octanol–water partition coefficient (Wildman–Crippen LogP) is 1.76. The zero-order valence-corrected chi connectivity index (χ0v) is 14.5. The quantitative estimate of drug-likeness (QED) is 0.878. The number of hydrogen-bond acceptors (Lipinski definition) is 4. The van der Waals surface area contributed by atoms with Gasteiger partial charge in [0, 0.05) is 25.0 Å². The van der Waals surface area contributed by atoms with Gasteiger partial charge in [-0.05, 0) is 32.8 Å². The van der Waals surface area contributed by atoms with Crippen LogP contribution in [0.1, 0.15) is 43.5 Å². The highest BCUT2D eigenvalue weighted by molar-refractivity contribution is 5.83. The van der Waals surface area contributed by atoms with Crippen molar-refractivity contribution in [2.45, 2.75) is 58.3 Å². The summed E-state index contributed by atoms with van der Waals surface area (Å²) in [4.78, 5) is 12.7. The van der Waals surface area contributed by atoms with Crippen LogP contribution in [-0.4, -0.2) is 32.8 Å². The van der Waals surface area contributed by atoms with Crippen LogP contribution in [0, 0.1) is 6.92 Å². The molecule has 2 atom stereocenters. The molecule has 0 aliphatic carbocycles. The van der Waals surface area contributed by atoms with E-state index in [1.807, 2.05) is 51.1 Å². The third-order valence-electron chi connectivity index (χ3n) is 4.36. The highest BCUT2D eigenvalue weighted by atomic mass is 16.2. The van der Waals surface area contributed by atoms with Crippen molar-refractivity contribution in [1.82, 2.24) is 25.4 Å². The fourth-order valence-corrected chi connectivity index (χ4v) is 3.17. The third kappa shape index (κ3) is 3.64. The van der Waals surface area contributed by atoms with Gasteiger partial charge in [-0.3, -0.25) is 10.1 Å². The number of benzene rings is 1. The van der Waals surface area contributed by atoms with Crippen molar-refractivity contribution in [3.63, 3.8) is 0 Å². The molecule has 1 aliphatic rings. The molecule has 1 aromatic carbocycles. The first kappa shape index (κ1) is 16.6. The number of amides is 1. The number of fused-ring (bicyclic) bond motifs is 1. The largest absolute Gasteiger partial charge is 0.352 e. The van der Waals surface area contributed by atoms with Gasteiger partial charge in [-0.2, -0.15) is 0 Å². The molecule has 2 N–H and O–H groups in total. The summed E-state index contributed by atoms with van der Waals surface area (Å²) in [6.45, 7) is 6.73. The number of aryl methyl sites for hydroxylation is 2. The molecule has 1 aromatic heterocycles. The van der Waals surface area contributed by atoms with E-state index in [-0.39, 0.29) is 24.0 Å². The summed E-state index contributed by atoms with van der Waals surface area (Å²) in [6, 6.07) is 9.88. The van der Waals surface area contributed by atoms with E-state index < -0.39 is 0 Å². The second-order valence-electron chi connectivity index (χ2n) is 6.68. The molecule has 0 radical (unpaired) electrons. The van der Waals surface area contributed by atoms with E-state index in [4.69, 9.17) is 0 Å². The molecule has 128 valence electrons. The van der Waals surface area contributed by atoms with Crippen molar-refractivity contribution in [2.24, 2.45) is 0 Å². The Hall–Kier alpha value is -2.21. The molecule has 2 aromatic rings. The van der Waals surface area contributed by atoms with Crippen LogP contribution < -0.4 is 10.6 Å². The van der Waals surface area contributed by atoms with Crippen molar-refractivity contribution in [1.29, 1.82) is 0 Å². The van der Waals surface area contributed by atoms with Gasteiger partial charge in [0.2, 0.25) is 5.91 Å². The standard InChI is InChI=1S/C18H25N5O/c1-12(2)19-18(24)17(14-7-5-4-6-8-14)20-15-9-10-16-22-21-13(3)23(16)11-15/h4-8,12,15,17,20H,9-11H2,1-3H3,(H,19,24). The molecule has 1 aliphatic heterocycles. The number of carbonyl (C=O) groups is 1. The van der Waals surface area contributed by atoms with Crippen LogP contribution in [0.25, 0.3) is 0 Å². The van der Waals surface area contributed by atoms with Crippen molar-refractivity contribution in [3.8, 4) is 0 Å². The molecule has 0 fully saturated rings. The monoisotopic (exact) mass is 327 g/mol. The minimum Gasteiger partial charge on any atom is -0.352 e. The van der Waals surface area contributed by atoms with E-state index in [0.29, 0.717) is 0 Å². The summed E-state index contributed by atoms with van der Waals surface area (Å²) >= 11 is 0. The SMILES string of the molecule is Cc1nnc2n1CC(NC(C(=O)NC(C)C)c1ccccc1)CC2. The Bertz CT molecular complexity index is 695. The number of nitrogens with one attached hydrogen (secondary N) is 2. The van der Waals surface area contributed by atoms with Crippen LogP contribution in [0.2, 0.25) is 0 Å². The van der Waals surface area contributed by atoms with Gasteiger partial charge in [0.1, 0.15) is 17.7 Å². The van der Waals surface area contributed by atoms with Gasteiger partial charge >= 0.3 is 0 Å². The van der Waals surface area contributed by atoms with Crippen LogP contribution in [-0.2, 0) is 17.8 Å². The highest BCUT2D eigenvalue weighted by Gasteiger charge is 2.27. The number of nitrogens with zero attached hydrogens (tertiary/aromatic N) is 3. The van der Waals surface area contributed by atoms with Gasteiger partial charge in [0.05, 0.1) is 0 Å². The van der Waals surface area contributed by atoms with Crippen LogP contribution in [0.4, 0.5) is 0 Å². The lowest BCUT2D eigenvalue weighted by Crippen LogP contribution is -2.47. The van der Waals surface area contributed by atoms with E-state index in [1.165, 1.54) is 0 Å². The molecule has 6 heteroatoms. The van der Waals surface area contributed by atoms with Gasteiger partial charge in [-0.25, -0.2) is 0 Å². The Kier molecular flexibility index (Phi) is 4.94. The molecule has 2 unspecified atom stereocenters.